The van der Waals surface area contributed by atoms with Crippen molar-refractivity contribution in [2.45, 2.75) is 46.1 Å². The lowest BCUT2D eigenvalue weighted by Crippen LogP contribution is -2.31. The van der Waals surface area contributed by atoms with Crippen LogP contribution >= 0.6 is 23.2 Å². The average molecular weight is 425 g/mol. The maximum absolute atomic E-state index is 12.8. The fourth-order valence-electron chi connectivity index (χ4n) is 3.69. The molecule has 1 saturated carbocycles. The number of carbonyl (C=O) groups excluding carboxylic acids is 1. The molecule has 1 aliphatic rings. The van der Waals surface area contributed by atoms with Gasteiger partial charge in [-0.25, -0.2) is 4.98 Å². The third kappa shape index (κ3) is 4.44. The van der Waals surface area contributed by atoms with E-state index in [0.717, 1.165) is 18.8 Å². The molecule has 0 radical (unpaired) electrons. The summed E-state index contributed by atoms with van der Waals surface area (Å²) in [6, 6.07) is 1.62. The predicted molar refractivity (Wildman–Crippen MR) is 111 cm³/mol. The van der Waals surface area contributed by atoms with E-state index >= 15 is 0 Å². The van der Waals surface area contributed by atoms with Gasteiger partial charge in [0.15, 0.2) is 5.69 Å². The van der Waals surface area contributed by atoms with Gasteiger partial charge in [0.1, 0.15) is 10.9 Å². The molecule has 0 aromatic carbocycles. The standard InChI is InChI=1S/C20H26Cl2N4O2/c1-4-26-19(14-11-23-16(21)9-15(14)28-3)17(22)18(25-26)20(27)24-10-13-7-5-12(2)6-8-13/h9,11-13H,4-8,10H2,1-3H3,(H,24,27). The second kappa shape index (κ2) is 9.14. The molecule has 3 rings (SSSR count). The first-order valence-corrected chi connectivity index (χ1v) is 10.4. The van der Waals surface area contributed by atoms with Crippen LogP contribution in [0.4, 0.5) is 0 Å². The van der Waals surface area contributed by atoms with E-state index in [9.17, 15) is 4.79 Å². The van der Waals surface area contributed by atoms with Crippen molar-refractivity contribution in [1.82, 2.24) is 20.1 Å². The van der Waals surface area contributed by atoms with Gasteiger partial charge in [-0.15, -0.1) is 0 Å². The number of carbonyl (C=O) groups is 1. The fraction of sp³-hybridized carbons (Fsp3) is 0.550. The average Bonchev–Trinajstić information content (AvgIpc) is 3.03. The van der Waals surface area contributed by atoms with Crippen LogP contribution in [0, 0.1) is 11.8 Å². The van der Waals surface area contributed by atoms with Gasteiger partial charge in [0.2, 0.25) is 0 Å². The van der Waals surface area contributed by atoms with Gasteiger partial charge in [-0.2, -0.15) is 5.10 Å². The zero-order valence-electron chi connectivity index (χ0n) is 16.5. The Balaban J connectivity index is 1.83. The molecule has 1 amide bonds. The van der Waals surface area contributed by atoms with Gasteiger partial charge in [0.25, 0.3) is 5.91 Å². The number of nitrogens with zero attached hydrogens (tertiary/aromatic N) is 3. The van der Waals surface area contributed by atoms with Gasteiger partial charge in [0, 0.05) is 25.4 Å². The summed E-state index contributed by atoms with van der Waals surface area (Å²) in [5.41, 5.74) is 1.47. The van der Waals surface area contributed by atoms with Crippen LogP contribution in [-0.2, 0) is 6.54 Å². The quantitative estimate of drug-likeness (QED) is 0.673. The highest BCUT2D eigenvalue weighted by molar-refractivity contribution is 6.36. The lowest BCUT2D eigenvalue weighted by Gasteiger charge is -2.26. The maximum atomic E-state index is 12.8. The minimum Gasteiger partial charge on any atom is -0.496 e. The van der Waals surface area contributed by atoms with Gasteiger partial charge in [0.05, 0.1) is 23.4 Å². The number of rotatable bonds is 6. The molecule has 1 aliphatic carbocycles. The minimum atomic E-state index is -0.252. The van der Waals surface area contributed by atoms with Crippen molar-refractivity contribution >= 4 is 29.1 Å². The van der Waals surface area contributed by atoms with Crippen molar-refractivity contribution in [2.75, 3.05) is 13.7 Å². The molecule has 0 saturated heterocycles. The van der Waals surface area contributed by atoms with Crippen LogP contribution in [0.2, 0.25) is 10.2 Å². The number of amides is 1. The topological polar surface area (TPSA) is 69.0 Å². The van der Waals surface area contributed by atoms with Crippen molar-refractivity contribution in [3.8, 4) is 17.0 Å². The Morgan fingerprint density at radius 2 is 2.04 bits per heavy atom. The Bertz CT molecular complexity index is 845. The zero-order chi connectivity index (χ0) is 20.3. The van der Waals surface area contributed by atoms with E-state index in [-0.39, 0.29) is 11.6 Å². The van der Waals surface area contributed by atoms with Crippen molar-refractivity contribution in [3.05, 3.63) is 28.1 Å². The Morgan fingerprint density at radius 1 is 1.32 bits per heavy atom. The Morgan fingerprint density at radius 3 is 2.68 bits per heavy atom. The molecule has 2 aromatic rings. The summed E-state index contributed by atoms with van der Waals surface area (Å²) in [5.74, 6) is 1.58. The minimum absolute atomic E-state index is 0.222. The van der Waals surface area contributed by atoms with E-state index < -0.39 is 0 Å². The number of methoxy groups -OCH3 is 1. The van der Waals surface area contributed by atoms with Gasteiger partial charge < -0.3 is 10.1 Å². The monoisotopic (exact) mass is 424 g/mol. The number of halogens is 2. The number of nitrogens with one attached hydrogen (secondary N) is 1. The summed E-state index contributed by atoms with van der Waals surface area (Å²) in [6.07, 6.45) is 6.33. The highest BCUT2D eigenvalue weighted by atomic mass is 35.5. The van der Waals surface area contributed by atoms with Crippen LogP contribution in [0.25, 0.3) is 11.3 Å². The van der Waals surface area contributed by atoms with Gasteiger partial charge >= 0.3 is 0 Å². The molecule has 6 nitrogen and oxygen atoms in total. The van der Waals surface area contributed by atoms with Crippen LogP contribution in [0.3, 0.4) is 0 Å². The Kier molecular flexibility index (Phi) is 6.83. The van der Waals surface area contributed by atoms with Gasteiger partial charge in [-0.3, -0.25) is 9.48 Å². The van der Waals surface area contributed by atoms with E-state index in [1.54, 1.807) is 24.1 Å². The molecule has 2 heterocycles. The molecule has 1 N–H and O–H groups in total. The molecule has 28 heavy (non-hydrogen) atoms. The molecular formula is C20H26Cl2N4O2. The molecule has 1 fully saturated rings. The van der Waals surface area contributed by atoms with E-state index in [1.807, 2.05) is 6.92 Å². The summed E-state index contributed by atoms with van der Waals surface area (Å²) < 4.78 is 7.10. The number of hydrogen-bond donors (Lipinski definition) is 1. The predicted octanol–water partition coefficient (Wildman–Crippen LogP) is 4.84. The number of aromatic nitrogens is 3. The van der Waals surface area contributed by atoms with Crippen LogP contribution in [0.15, 0.2) is 12.3 Å². The molecule has 0 spiro atoms. The summed E-state index contributed by atoms with van der Waals surface area (Å²) in [5, 5.41) is 8.05. The maximum Gasteiger partial charge on any atom is 0.273 e. The van der Waals surface area contributed by atoms with Crippen LogP contribution in [0.1, 0.15) is 50.0 Å². The molecule has 0 aliphatic heterocycles. The lowest BCUT2D eigenvalue weighted by atomic mass is 9.83. The van der Waals surface area contributed by atoms with Crippen LogP contribution in [0.5, 0.6) is 5.75 Å². The van der Waals surface area contributed by atoms with Crippen molar-refractivity contribution < 1.29 is 9.53 Å². The zero-order valence-corrected chi connectivity index (χ0v) is 18.0. The van der Waals surface area contributed by atoms with E-state index in [2.05, 4.69) is 22.3 Å². The first kappa shape index (κ1) is 20.9. The normalized spacial score (nSPS) is 19.5. The number of ether oxygens (including phenoxy) is 1. The molecule has 2 aromatic heterocycles. The molecule has 8 heteroatoms. The van der Waals surface area contributed by atoms with E-state index in [4.69, 9.17) is 27.9 Å². The fourth-order valence-corrected chi connectivity index (χ4v) is 4.16. The first-order valence-electron chi connectivity index (χ1n) is 9.68. The summed E-state index contributed by atoms with van der Waals surface area (Å²) >= 11 is 12.6. The van der Waals surface area contributed by atoms with Gasteiger partial charge in [-0.05, 0) is 31.6 Å². The molecular weight excluding hydrogens is 399 g/mol. The highest BCUT2D eigenvalue weighted by Crippen LogP contribution is 2.37. The number of pyridine rings is 1. The first-order chi connectivity index (χ1) is 13.4. The van der Waals surface area contributed by atoms with Crippen LogP contribution < -0.4 is 10.1 Å². The molecule has 0 unspecified atom stereocenters. The highest BCUT2D eigenvalue weighted by Gasteiger charge is 2.26. The third-order valence-electron chi connectivity index (χ3n) is 5.40. The van der Waals surface area contributed by atoms with E-state index in [0.29, 0.717) is 46.2 Å². The SMILES string of the molecule is CCn1nc(C(=O)NCC2CCC(C)CC2)c(Cl)c1-c1cnc(Cl)cc1OC. The third-order valence-corrected chi connectivity index (χ3v) is 5.97. The Labute approximate surface area is 175 Å². The lowest BCUT2D eigenvalue weighted by molar-refractivity contribution is 0.0936. The van der Waals surface area contributed by atoms with Crippen LogP contribution in [-0.4, -0.2) is 34.3 Å². The van der Waals surface area contributed by atoms with Crippen molar-refractivity contribution in [2.24, 2.45) is 11.8 Å². The molecule has 152 valence electrons. The summed E-state index contributed by atoms with van der Waals surface area (Å²) in [7, 11) is 1.55. The molecule has 0 bridgehead atoms. The second-order valence-corrected chi connectivity index (χ2v) is 8.14. The largest absolute Gasteiger partial charge is 0.496 e. The van der Waals surface area contributed by atoms with Crippen molar-refractivity contribution in [1.29, 1.82) is 0 Å². The summed E-state index contributed by atoms with van der Waals surface area (Å²) in [4.78, 5) is 16.9. The summed E-state index contributed by atoms with van der Waals surface area (Å²) in [6.45, 7) is 5.43. The van der Waals surface area contributed by atoms with Gasteiger partial charge in [-0.1, -0.05) is 43.0 Å². The number of hydrogen-bond acceptors (Lipinski definition) is 4. The smallest absolute Gasteiger partial charge is 0.273 e. The Hall–Kier alpha value is -1.79. The molecule has 0 atom stereocenters. The number of aryl methyl sites for hydroxylation is 1. The second-order valence-electron chi connectivity index (χ2n) is 7.37. The van der Waals surface area contributed by atoms with E-state index in [1.165, 1.54) is 12.8 Å². The van der Waals surface area contributed by atoms with Crippen molar-refractivity contribution in [3.63, 3.8) is 0 Å².